The Kier molecular flexibility index (Phi) is 4.90. The van der Waals surface area contributed by atoms with Gasteiger partial charge in [-0.15, -0.1) is 0 Å². The van der Waals surface area contributed by atoms with Crippen LogP contribution in [0.4, 0.5) is 5.69 Å². The average Bonchev–Trinajstić information content (AvgIpc) is 2.41. The average molecular weight is 328 g/mol. The van der Waals surface area contributed by atoms with Crippen LogP contribution in [0.25, 0.3) is 0 Å². The lowest BCUT2D eigenvalue weighted by Crippen LogP contribution is -2.37. The second kappa shape index (κ2) is 6.45. The number of halogens is 1. The highest BCUT2D eigenvalue weighted by molar-refractivity contribution is 9.10. The second-order valence-corrected chi connectivity index (χ2v) is 5.88. The molecule has 1 saturated heterocycles. The van der Waals surface area contributed by atoms with Crippen LogP contribution in [-0.2, 0) is 6.54 Å². The summed E-state index contributed by atoms with van der Waals surface area (Å²) < 4.78 is 0.528. The SMILES string of the molecule is NCC1CCCN(Cc2ccc(Br)c([N+](=O)[O-])c2)C1. The minimum absolute atomic E-state index is 0.130. The summed E-state index contributed by atoms with van der Waals surface area (Å²) in [6.07, 6.45) is 2.34. The zero-order chi connectivity index (χ0) is 13.8. The predicted octanol–water partition coefficient (Wildman–Crippen LogP) is 2.53. The maximum Gasteiger partial charge on any atom is 0.283 e. The van der Waals surface area contributed by atoms with Crippen LogP contribution >= 0.6 is 15.9 Å². The third-order valence-corrected chi connectivity index (χ3v) is 4.22. The van der Waals surface area contributed by atoms with Crippen molar-refractivity contribution >= 4 is 21.6 Å². The standard InChI is InChI=1S/C13H18BrN3O2/c14-12-4-3-10(6-13(12)17(18)19)8-16-5-1-2-11(7-15)9-16/h3-4,6,11H,1-2,5,7-9,15H2. The van der Waals surface area contributed by atoms with Crippen molar-refractivity contribution in [3.05, 3.63) is 38.3 Å². The summed E-state index contributed by atoms with van der Waals surface area (Å²) in [7, 11) is 0. The maximum absolute atomic E-state index is 10.9. The summed E-state index contributed by atoms with van der Waals surface area (Å²) >= 11 is 3.21. The quantitative estimate of drug-likeness (QED) is 0.681. The summed E-state index contributed by atoms with van der Waals surface area (Å²) in [5, 5.41) is 10.9. The molecule has 104 valence electrons. The lowest BCUT2D eigenvalue weighted by Gasteiger charge is -2.32. The number of hydrogen-bond donors (Lipinski definition) is 1. The van der Waals surface area contributed by atoms with E-state index in [9.17, 15) is 10.1 Å². The number of hydrogen-bond acceptors (Lipinski definition) is 4. The highest BCUT2D eigenvalue weighted by atomic mass is 79.9. The van der Waals surface area contributed by atoms with Gasteiger partial charge in [0.2, 0.25) is 0 Å². The van der Waals surface area contributed by atoms with E-state index in [1.807, 2.05) is 6.07 Å². The first-order valence-electron chi connectivity index (χ1n) is 6.45. The van der Waals surface area contributed by atoms with Gasteiger partial charge in [0, 0.05) is 19.2 Å². The molecule has 1 heterocycles. The Morgan fingerprint density at radius 1 is 1.53 bits per heavy atom. The largest absolute Gasteiger partial charge is 0.330 e. The first-order valence-corrected chi connectivity index (χ1v) is 7.24. The Bertz CT molecular complexity index is 467. The van der Waals surface area contributed by atoms with E-state index in [-0.39, 0.29) is 10.6 Å². The molecule has 0 spiro atoms. The van der Waals surface area contributed by atoms with Gasteiger partial charge < -0.3 is 5.73 Å². The molecule has 19 heavy (non-hydrogen) atoms. The fraction of sp³-hybridized carbons (Fsp3) is 0.538. The monoisotopic (exact) mass is 327 g/mol. The second-order valence-electron chi connectivity index (χ2n) is 5.02. The van der Waals surface area contributed by atoms with Crippen molar-refractivity contribution in [3.8, 4) is 0 Å². The number of benzene rings is 1. The number of nitro benzene ring substituents is 1. The molecule has 5 nitrogen and oxygen atoms in total. The lowest BCUT2D eigenvalue weighted by molar-refractivity contribution is -0.385. The number of likely N-dealkylation sites (tertiary alicyclic amines) is 1. The molecule has 2 rings (SSSR count). The fourth-order valence-electron chi connectivity index (χ4n) is 2.54. The minimum Gasteiger partial charge on any atom is -0.330 e. The van der Waals surface area contributed by atoms with Gasteiger partial charge in [0.25, 0.3) is 5.69 Å². The van der Waals surface area contributed by atoms with Crippen molar-refractivity contribution in [2.75, 3.05) is 19.6 Å². The van der Waals surface area contributed by atoms with Crippen LogP contribution in [0.2, 0.25) is 0 Å². The van der Waals surface area contributed by atoms with Gasteiger partial charge in [-0.3, -0.25) is 15.0 Å². The molecule has 1 aliphatic rings. The Hall–Kier alpha value is -0.980. The van der Waals surface area contributed by atoms with E-state index in [2.05, 4.69) is 20.8 Å². The van der Waals surface area contributed by atoms with Gasteiger partial charge >= 0.3 is 0 Å². The molecule has 1 aromatic carbocycles. The van der Waals surface area contributed by atoms with Gasteiger partial charge in [-0.1, -0.05) is 6.07 Å². The normalized spacial score (nSPS) is 20.4. The van der Waals surface area contributed by atoms with Crippen LogP contribution < -0.4 is 5.73 Å². The molecule has 0 amide bonds. The molecular formula is C13H18BrN3O2. The van der Waals surface area contributed by atoms with Gasteiger partial charge in [0.1, 0.15) is 0 Å². The number of nitrogens with two attached hydrogens (primary N) is 1. The van der Waals surface area contributed by atoms with Gasteiger partial charge in [0.15, 0.2) is 0 Å². The van der Waals surface area contributed by atoms with E-state index >= 15 is 0 Å². The molecule has 0 aliphatic carbocycles. The van der Waals surface area contributed by atoms with Crippen molar-refractivity contribution in [3.63, 3.8) is 0 Å². The zero-order valence-electron chi connectivity index (χ0n) is 10.7. The van der Waals surface area contributed by atoms with Gasteiger partial charge in [-0.2, -0.15) is 0 Å². The summed E-state index contributed by atoms with van der Waals surface area (Å²) in [6.45, 7) is 3.50. The van der Waals surface area contributed by atoms with Crippen molar-refractivity contribution in [2.45, 2.75) is 19.4 Å². The van der Waals surface area contributed by atoms with Crippen LogP contribution in [0.5, 0.6) is 0 Å². The molecule has 1 unspecified atom stereocenters. The van der Waals surface area contributed by atoms with Crippen LogP contribution in [0, 0.1) is 16.0 Å². The van der Waals surface area contributed by atoms with Crippen molar-refractivity contribution in [2.24, 2.45) is 11.7 Å². The van der Waals surface area contributed by atoms with Crippen LogP contribution in [0.3, 0.4) is 0 Å². The molecular weight excluding hydrogens is 310 g/mol. The number of piperidine rings is 1. The Morgan fingerprint density at radius 3 is 3.00 bits per heavy atom. The highest BCUT2D eigenvalue weighted by Crippen LogP contribution is 2.27. The highest BCUT2D eigenvalue weighted by Gasteiger charge is 2.20. The molecule has 6 heteroatoms. The molecule has 2 N–H and O–H groups in total. The smallest absolute Gasteiger partial charge is 0.283 e. The first-order chi connectivity index (χ1) is 9.10. The van der Waals surface area contributed by atoms with Crippen molar-refractivity contribution in [1.29, 1.82) is 0 Å². The third kappa shape index (κ3) is 3.75. The van der Waals surface area contributed by atoms with E-state index in [1.165, 1.54) is 6.42 Å². The maximum atomic E-state index is 10.9. The summed E-state index contributed by atoms with van der Waals surface area (Å²) in [5.41, 5.74) is 6.83. The van der Waals surface area contributed by atoms with E-state index in [1.54, 1.807) is 12.1 Å². The number of rotatable bonds is 4. The third-order valence-electron chi connectivity index (χ3n) is 3.55. The molecule has 1 fully saturated rings. The molecule has 1 atom stereocenters. The van der Waals surface area contributed by atoms with Crippen LogP contribution in [0.15, 0.2) is 22.7 Å². The van der Waals surface area contributed by atoms with Crippen LogP contribution in [0.1, 0.15) is 18.4 Å². The molecule has 0 saturated carbocycles. The summed E-state index contributed by atoms with van der Waals surface area (Å²) in [5.74, 6) is 0.555. The van der Waals surface area contributed by atoms with E-state index in [0.717, 1.165) is 38.2 Å². The van der Waals surface area contributed by atoms with Gasteiger partial charge in [-0.25, -0.2) is 0 Å². The van der Waals surface area contributed by atoms with Crippen molar-refractivity contribution in [1.82, 2.24) is 4.90 Å². The van der Waals surface area contributed by atoms with Gasteiger partial charge in [0.05, 0.1) is 9.40 Å². The molecule has 0 radical (unpaired) electrons. The summed E-state index contributed by atoms with van der Waals surface area (Å²) in [4.78, 5) is 12.9. The topological polar surface area (TPSA) is 72.4 Å². The van der Waals surface area contributed by atoms with Gasteiger partial charge in [-0.05, 0) is 59.4 Å². The van der Waals surface area contributed by atoms with Crippen LogP contribution in [-0.4, -0.2) is 29.5 Å². The Labute approximate surface area is 121 Å². The Balaban J connectivity index is 2.06. The molecule has 0 bridgehead atoms. The molecule has 1 aliphatic heterocycles. The Morgan fingerprint density at radius 2 is 2.32 bits per heavy atom. The van der Waals surface area contributed by atoms with E-state index in [0.29, 0.717) is 10.4 Å². The summed E-state index contributed by atoms with van der Waals surface area (Å²) in [6, 6.07) is 5.33. The minimum atomic E-state index is -0.355. The number of nitrogens with zero attached hydrogens (tertiary/aromatic N) is 2. The zero-order valence-corrected chi connectivity index (χ0v) is 12.3. The lowest BCUT2D eigenvalue weighted by atomic mass is 9.98. The van der Waals surface area contributed by atoms with Crippen molar-refractivity contribution < 1.29 is 4.92 Å². The fourth-order valence-corrected chi connectivity index (χ4v) is 2.93. The van der Waals surface area contributed by atoms with E-state index < -0.39 is 0 Å². The predicted molar refractivity (Wildman–Crippen MR) is 77.9 cm³/mol. The first kappa shape index (κ1) is 14.4. The van der Waals surface area contributed by atoms with E-state index in [4.69, 9.17) is 5.73 Å². The molecule has 0 aromatic heterocycles. The number of nitro groups is 1. The molecule has 1 aromatic rings.